The van der Waals surface area contributed by atoms with Crippen LogP contribution < -0.4 is 5.32 Å². The Kier molecular flexibility index (Phi) is 8.15. The first-order valence-electron chi connectivity index (χ1n) is 8.24. The lowest BCUT2D eigenvalue weighted by atomic mass is 10.1. The first kappa shape index (κ1) is 17.4. The van der Waals surface area contributed by atoms with Crippen LogP contribution in [-0.2, 0) is 9.53 Å². The maximum absolute atomic E-state index is 12.5. The number of hydrogen-bond acceptors (Lipinski definition) is 3. The summed E-state index contributed by atoms with van der Waals surface area (Å²) in [5.74, 6) is 0.889. The van der Waals surface area contributed by atoms with Gasteiger partial charge in [-0.25, -0.2) is 0 Å². The molecule has 4 heteroatoms. The number of hydrogen-bond donors (Lipinski definition) is 1. The molecule has 1 saturated heterocycles. The standard InChI is InChI=1S/C16H32N2O2/c1-5-7-9-14-16(19)18(10-8-11-20-6-2)15(17-14)12-13(3)4/h13-15,17H,5-12H2,1-4H3. The second kappa shape index (κ2) is 9.35. The fourth-order valence-electron chi connectivity index (χ4n) is 2.75. The van der Waals surface area contributed by atoms with Crippen molar-refractivity contribution in [2.24, 2.45) is 5.92 Å². The van der Waals surface area contributed by atoms with Crippen molar-refractivity contribution in [3.63, 3.8) is 0 Å². The molecule has 4 nitrogen and oxygen atoms in total. The lowest BCUT2D eigenvalue weighted by molar-refractivity contribution is -0.130. The van der Waals surface area contributed by atoms with Crippen molar-refractivity contribution in [2.75, 3.05) is 19.8 Å². The zero-order valence-corrected chi connectivity index (χ0v) is 13.7. The molecule has 1 amide bonds. The molecule has 0 aromatic heterocycles. The molecular formula is C16H32N2O2. The second-order valence-corrected chi connectivity index (χ2v) is 6.09. The van der Waals surface area contributed by atoms with Gasteiger partial charge in [-0.3, -0.25) is 10.1 Å². The number of carbonyl (C=O) groups is 1. The molecule has 0 spiro atoms. The molecule has 2 unspecified atom stereocenters. The van der Waals surface area contributed by atoms with E-state index >= 15 is 0 Å². The molecule has 20 heavy (non-hydrogen) atoms. The number of carbonyl (C=O) groups excluding carboxylic acids is 1. The fourth-order valence-corrected chi connectivity index (χ4v) is 2.75. The molecule has 1 rings (SSSR count). The van der Waals surface area contributed by atoms with Gasteiger partial charge in [-0.2, -0.15) is 0 Å². The van der Waals surface area contributed by atoms with Crippen LogP contribution in [0.25, 0.3) is 0 Å². The van der Waals surface area contributed by atoms with Crippen molar-refractivity contribution < 1.29 is 9.53 Å². The van der Waals surface area contributed by atoms with Gasteiger partial charge in [-0.1, -0.05) is 33.6 Å². The highest BCUT2D eigenvalue weighted by atomic mass is 16.5. The zero-order chi connectivity index (χ0) is 15.0. The first-order valence-corrected chi connectivity index (χ1v) is 8.24. The molecule has 0 radical (unpaired) electrons. The van der Waals surface area contributed by atoms with Gasteiger partial charge in [-0.15, -0.1) is 0 Å². The van der Waals surface area contributed by atoms with Crippen molar-refractivity contribution in [2.45, 2.75) is 72.0 Å². The average Bonchev–Trinajstić information content (AvgIpc) is 2.68. The van der Waals surface area contributed by atoms with E-state index in [9.17, 15) is 4.79 Å². The SMILES string of the molecule is CCCCC1NC(CC(C)C)N(CCCOCC)C1=O. The highest BCUT2D eigenvalue weighted by Gasteiger charge is 2.37. The van der Waals surface area contributed by atoms with Gasteiger partial charge in [-0.05, 0) is 32.1 Å². The number of nitrogens with one attached hydrogen (secondary N) is 1. The summed E-state index contributed by atoms with van der Waals surface area (Å²) < 4.78 is 5.38. The van der Waals surface area contributed by atoms with Gasteiger partial charge < -0.3 is 9.64 Å². The fraction of sp³-hybridized carbons (Fsp3) is 0.938. The number of ether oxygens (including phenoxy) is 1. The Morgan fingerprint density at radius 3 is 2.65 bits per heavy atom. The quantitative estimate of drug-likeness (QED) is 0.627. The van der Waals surface area contributed by atoms with Gasteiger partial charge in [0.1, 0.15) is 0 Å². The topological polar surface area (TPSA) is 41.6 Å². The van der Waals surface area contributed by atoms with E-state index in [4.69, 9.17) is 4.74 Å². The number of nitrogens with zero attached hydrogens (tertiary/aromatic N) is 1. The third-order valence-electron chi connectivity index (χ3n) is 3.78. The minimum Gasteiger partial charge on any atom is -0.382 e. The maximum atomic E-state index is 12.5. The van der Waals surface area contributed by atoms with Gasteiger partial charge in [0.05, 0.1) is 12.2 Å². The highest BCUT2D eigenvalue weighted by molar-refractivity contribution is 5.84. The van der Waals surface area contributed by atoms with Crippen molar-refractivity contribution >= 4 is 5.91 Å². The van der Waals surface area contributed by atoms with Gasteiger partial charge in [0, 0.05) is 19.8 Å². The van der Waals surface area contributed by atoms with E-state index in [1.807, 2.05) is 11.8 Å². The molecule has 0 saturated carbocycles. The normalized spacial score (nSPS) is 23.1. The van der Waals surface area contributed by atoms with Crippen molar-refractivity contribution in [1.29, 1.82) is 0 Å². The van der Waals surface area contributed by atoms with E-state index in [2.05, 4.69) is 26.1 Å². The summed E-state index contributed by atoms with van der Waals surface area (Å²) in [5, 5.41) is 3.53. The summed E-state index contributed by atoms with van der Waals surface area (Å²) in [7, 11) is 0. The molecule has 0 aromatic rings. The summed E-state index contributed by atoms with van der Waals surface area (Å²) in [4.78, 5) is 14.5. The maximum Gasteiger partial charge on any atom is 0.241 e. The average molecular weight is 284 g/mol. The predicted molar refractivity (Wildman–Crippen MR) is 82.5 cm³/mol. The molecule has 1 fully saturated rings. The molecule has 2 atom stereocenters. The number of rotatable bonds is 10. The van der Waals surface area contributed by atoms with Crippen LogP contribution in [0.3, 0.4) is 0 Å². The van der Waals surface area contributed by atoms with E-state index in [0.717, 1.165) is 51.9 Å². The zero-order valence-electron chi connectivity index (χ0n) is 13.7. The van der Waals surface area contributed by atoms with Crippen LogP contribution in [0.1, 0.15) is 59.8 Å². The van der Waals surface area contributed by atoms with Gasteiger partial charge in [0.2, 0.25) is 5.91 Å². The summed E-state index contributed by atoms with van der Waals surface area (Å²) in [6.07, 6.45) is 5.39. The monoisotopic (exact) mass is 284 g/mol. The predicted octanol–water partition coefficient (Wildman–Crippen LogP) is 2.78. The Hall–Kier alpha value is -0.610. The van der Waals surface area contributed by atoms with Crippen LogP contribution in [0.2, 0.25) is 0 Å². The lowest BCUT2D eigenvalue weighted by Crippen LogP contribution is -2.39. The van der Waals surface area contributed by atoms with Crippen LogP contribution in [0.5, 0.6) is 0 Å². The van der Waals surface area contributed by atoms with Crippen molar-refractivity contribution in [1.82, 2.24) is 10.2 Å². The molecule has 0 aromatic carbocycles. The van der Waals surface area contributed by atoms with Gasteiger partial charge in [0.15, 0.2) is 0 Å². The van der Waals surface area contributed by atoms with E-state index in [1.54, 1.807) is 0 Å². The lowest BCUT2D eigenvalue weighted by Gasteiger charge is -2.25. The number of unbranched alkanes of at least 4 members (excludes halogenated alkanes) is 1. The molecule has 1 heterocycles. The second-order valence-electron chi connectivity index (χ2n) is 6.09. The van der Waals surface area contributed by atoms with E-state index in [-0.39, 0.29) is 12.2 Å². The minimum atomic E-state index is 0.0331. The summed E-state index contributed by atoms with van der Waals surface area (Å²) in [6, 6.07) is 0.0331. The van der Waals surface area contributed by atoms with Gasteiger partial charge >= 0.3 is 0 Å². The van der Waals surface area contributed by atoms with Crippen LogP contribution in [0.15, 0.2) is 0 Å². The largest absolute Gasteiger partial charge is 0.382 e. The number of amides is 1. The Morgan fingerprint density at radius 2 is 2.05 bits per heavy atom. The molecule has 0 bridgehead atoms. The Balaban J connectivity index is 2.52. The van der Waals surface area contributed by atoms with Crippen LogP contribution >= 0.6 is 0 Å². The van der Waals surface area contributed by atoms with Crippen molar-refractivity contribution in [3.05, 3.63) is 0 Å². The molecule has 1 aliphatic heterocycles. The summed E-state index contributed by atoms with van der Waals surface area (Å²) in [6.45, 7) is 10.9. The highest BCUT2D eigenvalue weighted by Crippen LogP contribution is 2.20. The van der Waals surface area contributed by atoms with Crippen LogP contribution in [0.4, 0.5) is 0 Å². The Bertz CT molecular complexity index is 282. The smallest absolute Gasteiger partial charge is 0.241 e. The molecular weight excluding hydrogens is 252 g/mol. The van der Waals surface area contributed by atoms with Crippen LogP contribution in [0, 0.1) is 5.92 Å². The van der Waals surface area contributed by atoms with Crippen LogP contribution in [-0.4, -0.2) is 42.8 Å². The Morgan fingerprint density at radius 1 is 1.30 bits per heavy atom. The minimum absolute atomic E-state index is 0.0331. The van der Waals surface area contributed by atoms with E-state index < -0.39 is 0 Å². The van der Waals surface area contributed by atoms with E-state index in [1.165, 1.54) is 0 Å². The van der Waals surface area contributed by atoms with Crippen molar-refractivity contribution in [3.8, 4) is 0 Å². The third kappa shape index (κ3) is 5.41. The molecule has 118 valence electrons. The first-order chi connectivity index (χ1) is 9.60. The molecule has 1 aliphatic rings. The summed E-state index contributed by atoms with van der Waals surface area (Å²) >= 11 is 0. The molecule has 1 N–H and O–H groups in total. The Labute approximate surface area is 124 Å². The van der Waals surface area contributed by atoms with Gasteiger partial charge in [0.25, 0.3) is 0 Å². The summed E-state index contributed by atoms with van der Waals surface area (Å²) in [5.41, 5.74) is 0. The molecule has 0 aliphatic carbocycles. The van der Waals surface area contributed by atoms with E-state index in [0.29, 0.717) is 11.8 Å². The third-order valence-corrected chi connectivity index (χ3v) is 3.78.